The molecule has 0 aliphatic carbocycles. The molecule has 0 saturated heterocycles. The van der Waals surface area contributed by atoms with Crippen molar-refractivity contribution in [3.63, 3.8) is 0 Å². The molecule has 0 aliphatic heterocycles. The van der Waals surface area contributed by atoms with Gasteiger partial charge < -0.3 is 4.74 Å². The van der Waals surface area contributed by atoms with E-state index in [9.17, 15) is 4.79 Å². The molecule has 0 fully saturated rings. The van der Waals surface area contributed by atoms with E-state index in [-0.39, 0.29) is 5.97 Å². The van der Waals surface area contributed by atoms with E-state index < -0.39 is 0 Å². The highest BCUT2D eigenvalue weighted by molar-refractivity contribution is 5.90. The van der Waals surface area contributed by atoms with Crippen LogP contribution in [0.25, 0.3) is 0 Å². The molecule has 16 heavy (non-hydrogen) atoms. The molecule has 0 unspecified atom stereocenters. The van der Waals surface area contributed by atoms with Gasteiger partial charge in [0.15, 0.2) is 12.4 Å². The fourth-order valence-corrected chi connectivity index (χ4v) is 1.29. The van der Waals surface area contributed by atoms with Crippen molar-refractivity contribution >= 4 is 5.97 Å². The van der Waals surface area contributed by atoms with E-state index in [0.717, 1.165) is 0 Å². The van der Waals surface area contributed by atoms with Gasteiger partial charge in [-0.3, -0.25) is 0 Å². The van der Waals surface area contributed by atoms with Gasteiger partial charge in [0.1, 0.15) is 12.8 Å². The number of esters is 1. The molecule has 3 nitrogen and oxygen atoms in total. The van der Waals surface area contributed by atoms with Gasteiger partial charge >= 0.3 is 5.97 Å². The number of para-hydroxylation sites is 1. The van der Waals surface area contributed by atoms with Gasteiger partial charge in [0.2, 0.25) is 0 Å². The number of hydrogen-bond donors (Lipinski definition) is 0. The highest BCUT2D eigenvalue weighted by Crippen LogP contribution is 2.10. The predicted molar refractivity (Wildman–Crippen MR) is 59.0 cm³/mol. The van der Waals surface area contributed by atoms with Crippen molar-refractivity contribution in [3.05, 3.63) is 60.4 Å². The second kappa shape index (κ2) is 4.57. The summed E-state index contributed by atoms with van der Waals surface area (Å²) >= 11 is 0. The van der Waals surface area contributed by atoms with Crippen LogP contribution in [0.5, 0.6) is 5.75 Å². The van der Waals surface area contributed by atoms with E-state index in [0.29, 0.717) is 11.3 Å². The molecular weight excluding hydrogens is 202 g/mol. The van der Waals surface area contributed by atoms with E-state index in [4.69, 9.17) is 4.74 Å². The van der Waals surface area contributed by atoms with Crippen molar-refractivity contribution in [2.24, 2.45) is 7.05 Å². The van der Waals surface area contributed by atoms with E-state index in [1.54, 1.807) is 24.3 Å². The molecule has 1 heterocycles. The first-order valence-corrected chi connectivity index (χ1v) is 4.98. The maximum atomic E-state index is 11.7. The van der Waals surface area contributed by atoms with Crippen LogP contribution in [0, 0.1) is 0 Å². The number of ether oxygens (including phenoxy) is 1. The maximum Gasteiger partial charge on any atom is 0.343 e. The Morgan fingerprint density at radius 3 is 2.31 bits per heavy atom. The third-order valence-electron chi connectivity index (χ3n) is 2.17. The monoisotopic (exact) mass is 214 g/mol. The summed E-state index contributed by atoms with van der Waals surface area (Å²) in [7, 11) is 1.90. The van der Waals surface area contributed by atoms with Gasteiger partial charge in [0.05, 0.1) is 5.56 Å². The molecule has 0 atom stereocenters. The van der Waals surface area contributed by atoms with Crippen LogP contribution in [0.3, 0.4) is 0 Å². The Kier molecular flexibility index (Phi) is 2.96. The molecule has 2 aromatic rings. The van der Waals surface area contributed by atoms with Gasteiger partial charge in [-0.1, -0.05) is 18.2 Å². The van der Waals surface area contributed by atoms with Crippen LogP contribution in [0.1, 0.15) is 10.4 Å². The first-order valence-electron chi connectivity index (χ1n) is 4.98. The Morgan fingerprint density at radius 1 is 1.06 bits per heavy atom. The molecule has 0 amide bonds. The molecule has 0 N–H and O–H groups in total. The van der Waals surface area contributed by atoms with Crippen LogP contribution in [0.4, 0.5) is 0 Å². The smallest absolute Gasteiger partial charge is 0.343 e. The molecule has 0 spiro atoms. The lowest BCUT2D eigenvalue weighted by atomic mass is 10.3. The fourth-order valence-electron chi connectivity index (χ4n) is 1.29. The second-order valence-electron chi connectivity index (χ2n) is 3.45. The van der Waals surface area contributed by atoms with E-state index in [2.05, 4.69) is 0 Å². The summed E-state index contributed by atoms with van der Waals surface area (Å²) in [6.07, 6.45) is 3.61. The average molecular weight is 214 g/mol. The molecule has 0 bridgehead atoms. The van der Waals surface area contributed by atoms with Crippen molar-refractivity contribution in [1.29, 1.82) is 0 Å². The van der Waals surface area contributed by atoms with Crippen LogP contribution in [-0.2, 0) is 7.05 Å². The molecule has 0 radical (unpaired) electrons. The summed E-state index contributed by atoms with van der Waals surface area (Å²) in [6, 6.07) is 12.5. The summed E-state index contributed by atoms with van der Waals surface area (Å²) in [5.74, 6) is 0.215. The third-order valence-corrected chi connectivity index (χ3v) is 2.17. The van der Waals surface area contributed by atoms with Crippen molar-refractivity contribution in [3.8, 4) is 5.75 Å². The number of nitrogens with zero attached hydrogens (tertiary/aromatic N) is 1. The summed E-state index contributed by atoms with van der Waals surface area (Å²) < 4.78 is 7.05. The number of pyridine rings is 1. The number of aromatic nitrogens is 1. The molecular formula is C13H12NO2+. The lowest BCUT2D eigenvalue weighted by Crippen LogP contribution is -2.26. The van der Waals surface area contributed by atoms with E-state index in [1.165, 1.54) is 0 Å². The summed E-state index contributed by atoms with van der Waals surface area (Å²) in [5, 5.41) is 0. The summed E-state index contributed by atoms with van der Waals surface area (Å²) in [6.45, 7) is 0. The highest BCUT2D eigenvalue weighted by Gasteiger charge is 2.09. The first-order chi connectivity index (χ1) is 7.75. The highest BCUT2D eigenvalue weighted by atomic mass is 16.5. The summed E-state index contributed by atoms with van der Waals surface area (Å²) in [5.41, 5.74) is 0.543. The zero-order chi connectivity index (χ0) is 11.4. The minimum absolute atomic E-state index is 0.341. The second-order valence-corrected chi connectivity index (χ2v) is 3.45. The number of benzene rings is 1. The lowest BCUT2D eigenvalue weighted by Gasteiger charge is -2.02. The normalized spacial score (nSPS) is 9.81. The standard InChI is InChI=1S/C13H12NO2/c1-14-9-7-11(8-10-14)13(15)16-12-5-3-2-4-6-12/h2-10H,1H3/q+1. The van der Waals surface area contributed by atoms with Crippen LogP contribution < -0.4 is 9.30 Å². The lowest BCUT2D eigenvalue weighted by molar-refractivity contribution is -0.671. The predicted octanol–water partition coefficient (Wildman–Crippen LogP) is 1.73. The Morgan fingerprint density at radius 2 is 1.69 bits per heavy atom. The van der Waals surface area contributed by atoms with Gasteiger partial charge in [0, 0.05) is 12.1 Å². The zero-order valence-corrected chi connectivity index (χ0v) is 8.96. The Balaban J connectivity index is 2.12. The molecule has 2 rings (SSSR count). The van der Waals surface area contributed by atoms with Crippen LogP contribution in [0.15, 0.2) is 54.9 Å². The van der Waals surface area contributed by atoms with Crippen molar-refractivity contribution in [2.75, 3.05) is 0 Å². The van der Waals surface area contributed by atoms with Crippen LogP contribution in [-0.4, -0.2) is 5.97 Å². The van der Waals surface area contributed by atoms with Gasteiger partial charge in [-0.15, -0.1) is 0 Å². The SMILES string of the molecule is C[n+]1ccc(C(=O)Oc2ccccc2)cc1. The average Bonchev–Trinajstić information content (AvgIpc) is 2.31. The number of carbonyl (C=O) groups is 1. The Hall–Kier alpha value is -2.16. The minimum Gasteiger partial charge on any atom is -0.423 e. The molecule has 0 aliphatic rings. The molecule has 1 aromatic heterocycles. The molecule has 0 saturated carbocycles. The third kappa shape index (κ3) is 2.45. The van der Waals surface area contributed by atoms with Crippen molar-refractivity contribution in [2.45, 2.75) is 0 Å². The largest absolute Gasteiger partial charge is 0.423 e. The number of aryl methyl sites for hydroxylation is 1. The van der Waals surface area contributed by atoms with E-state index in [1.807, 2.05) is 42.2 Å². The number of rotatable bonds is 2. The quantitative estimate of drug-likeness (QED) is 0.433. The zero-order valence-electron chi connectivity index (χ0n) is 8.96. The summed E-state index contributed by atoms with van der Waals surface area (Å²) in [4.78, 5) is 11.7. The van der Waals surface area contributed by atoms with Crippen molar-refractivity contribution in [1.82, 2.24) is 0 Å². The fraction of sp³-hybridized carbons (Fsp3) is 0.0769. The minimum atomic E-state index is -0.341. The van der Waals surface area contributed by atoms with Crippen LogP contribution in [0.2, 0.25) is 0 Å². The number of hydrogen-bond acceptors (Lipinski definition) is 2. The molecule has 80 valence electrons. The Bertz CT molecular complexity index is 477. The Labute approximate surface area is 93.9 Å². The van der Waals surface area contributed by atoms with Crippen molar-refractivity contribution < 1.29 is 14.1 Å². The van der Waals surface area contributed by atoms with Gasteiger partial charge in [-0.2, -0.15) is 0 Å². The van der Waals surface area contributed by atoms with Gasteiger partial charge in [-0.25, -0.2) is 9.36 Å². The molecule has 1 aromatic carbocycles. The molecule has 3 heteroatoms. The van der Waals surface area contributed by atoms with E-state index >= 15 is 0 Å². The maximum absolute atomic E-state index is 11.7. The van der Waals surface area contributed by atoms with Gasteiger partial charge in [0.25, 0.3) is 0 Å². The number of carbonyl (C=O) groups excluding carboxylic acids is 1. The van der Waals surface area contributed by atoms with Gasteiger partial charge in [-0.05, 0) is 12.1 Å². The topological polar surface area (TPSA) is 30.2 Å². The first kappa shape index (κ1) is 10.4. The van der Waals surface area contributed by atoms with Crippen LogP contribution >= 0.6 is 0 Å².